The third-order valence-electron chi connectivity index (χ3n) is 3.12. The largest absolute Gasteiger partial charge is 0.309 e. The number of hydrogen-bond acceptors (Lipinski definition) is 3. The van der Waals surface area contributed by atoms with Gasteiger partial charge < -0.3 is 4.57 Å². The Bertz CT molecular complexity index is 437. The molecule has 1 atom stereocenters. The van der Waals surface area contributed by atoms with Crippen LogP contribution >= 0.6 is 11.8 Å². The molecule has 0 saturated carbocycles. The van der Waals surface area contributed by atoms with E-state index >= 15 is 0 Å². The molecule has 94 valence electrons. The maximum Gasteiger partial charge on any atom is 0.275 e. The Morgan fingerprint density at radius 1 is 1.59 bits per heavy atom. The van der Waals surface area contributed by atoms with Crippen LogP contribution in [0.4, 0.5) is 10.1 Å². The third-order valence-corrected chi connectivity index (χ3v) is 3.32. The van der Waals surface area contributed by atoms with E-state index in [-0.39, 0.29) is 18.3 Å². The molecule has 2 rings (SSSR count). The first-order valence-electron chi connectivity index (χ1n) is 5.62. The second-order valence-electron chi connectivity index (χ2n) is 4.16. The van der Waals surface area contributed by atoms with Gasteiger partial charge in [0.15, 0.2) is 0 Å². The lowest BCUT2D eigenvalue weighted by molar-refractivity contribution is 0.287. The maximum absolute atomic E-state index is 12.2. The number of rotatable bonds is 4. The van der Waals surface area contributed by atoms with Gasteiger partial charge in [-0.3, -0.25) is 14.5 Å². The highest BCUT2D eigenvalue weighted by atomic mass is 35.5. The van der Waals surface area contributed by atoms with Gasteiger partial charge in [0.25, 0.3) is 5.56 Å². The number of anilines is 1. The van der Waals surface area contributed by atoms with E-state index in [2.05, 4.69) is 4.84 Å². The molecule has 0 aliphatic carbocycles. The smallest absolute Gasteiger partial charge is 0.275 e. The van der Waals surface area contributed by atoms with Crippen molar-refractivity contribution in [3.05, 3.63) is 28.7 Å². The molecule has 0 aromatic carbocycles. The maximum atomic E-state index is 12.2. The van der Waals surface area contributed by atoms with E-state index in [1.54, 1.807) is 22.9 Å². The highest BCUT2D eigenvalue weighted by Gasteiger charge is 2.24. The molecule has 2 heterocycles. The van der Waals surface area contributed by atoms with Crippen LogP contribution in [0.1, 0.15) is 12.5 Å². The van der Waals surface area contributed by atoms with Crippen molar-refractivity contribution in [1.82, 2.24) is 9.47 Å². The van der Waals surface area contributed by atoms with Crippen LogP contribution in [0.3, 0.4) is 0 Å². The normalized spacial score (nSPS) is 20.7. The van der Waals surface area contributed by atoms with Crippen LogP contribution in [0.25, 0.3) is 0 Å². The Labute approximate surface area is 104 Å². The zero-order valence-electron chi connectivity index (χ0n) is 9.40. The Kier molecular flexibility index (Phi) is 4.02. The number of alkyl halides is 1. The molecule has 1 fully saturated rings. The van der Waals surface area contributed by atoms with Gasteiger partial charge in [0.1, 0.15) is 12.4 Å². The SMILES string of the molecule is O=c1c(NCl)cccn1[C@@H]1CCN(CCF)C1. The number of nitrogens with one attached hydrogen (secondary N) is 1. The quantitative estimate of drug-likeness (QED) is 0.835. The number of likely N-dealkylation sites (tertiary alicyclic amines) is 1. The molecule has 0 spiro atoms. The molecule has 1 aliphatic heterocycles. The van der Waals surface area contributed by atoms with E-state index in [0.29, 0.717) is 12.2 Å². The fraction of sp³-hybridized carbons (Fsp3) is 0.545. The average molecular weight is 260 g/mol. The van der Waals surface area contributed by atoms with Gasteiger partial charge in [-0.1, -0.05) is 0 Å². The van der Waals surface area contributed by atoms with Crippen molar-refractivity contribution in [2.75, 3.05) is 31.1 Å². The minimum Gasteiger partial charge on any atom is -0.309 e. The zero-order chi connectivity index (χ0) is 12.3. The van der Waals surface area contributed by atoms with Crippen molar-refractivity contribution in [2.24, 2.45) is 0 Å². The summed E-state index contributed by atoms with van der Waals surface area (Å²) in [6.07, 6.45) is 2.62. The van der Waals surface area contributed by atoms with Crippen LogP contribution in [0.5, 0.6) is 0 Å². The molecular weight excluding hydrogens is 245 g/mol. The van der Waals surface area contributed by atoms with Gasteiger partial charge in [-0.05, 0) is 18.6 Å². The standard InChI is InChI=1S/C11H15ClFN3O/c12-14-10-2-1-5-16(11(10)17)9-3-6-15(8-9)7-4-13/h1-2,5,9,14H,3-4,6-8H2/t9-/m1/s1. The number of hydrogen-bond donors (Lipinski definition) is 1. The monoisotopic (exact) mass is 259 g/mol. The third kappa shape index (κ3) is 2.61. The highest BCUT2D eigenvalue weighted by Crippen LogP contribution is 2.20. The summed E-state index contributed by atoms with van der Waals surface area (Å²) in [4.78, 5) is 16.4. The van der Waals surface area contributed by atoms with Crippen molar-refractivity contribution in [3.63, 3.8) is 0 Å². The number of pyridine rings is 1. The van der Waals surface area contributed by atoms with Gasteiger partial charge in [0, 0.05) is 37.6 Å². The fourth-order valence-corrected chi connectivity index (χ4v) is 2.38. The summed E-state index contributed by atoms with van der Waals surface area (Å²) in [5.41, 5.74) is 0.243. The Morgan fingerprint density at radius 3 is 3.12 bits per heavy atom. The van der Waals surface area contributed by atoms with Gasteiger partial charge >= 0.3 is 0 Å². The Balaban J connectivity index is 2.16. The molecule has 6 heteroatoms. The molecule has 17 heavy (non-hydrogen) atoms. The lowest BCUT2D eigenvalue weighted by atomic mass is 10.2. The summed E-state index contributed by atoms with van der Waals surface area (Å²) in [6, 6.07) is 3.53. The number of aromatic nitrogens is 1. The lowest BCUT2D eigenvalue weighted by Crippen LogP contribution is -2.28. The van der Waals surface area contributed by atoms with Crippen LogP contribution < -0.4 is 10.4 Å². The van der Waals surface area contributed by atoms with E-state index in [1.807, 2.05) is 4.90 Å². The molecule has 1 aliphatic rings. The molecular formula is C11H15ClFN3O. The van der Waals surface area contributed by atoms with Crippen LogP contribution in [-0.4, -0.2) is 35.8 Å². The van der Waals surface area contributed by atoms with E-state index < -0.39 is 0 Å². The topological polar surface area (TPSA) is 37.3 Å². The molecule has 4 nitrogen and oxygen atoms in total. The van der Waals surface area contributed by atoms with Crippen molar-refractivity contribution >= 4 is 17.5 Å². The Hall–Kier alpha value is -1.07. The van der Waals surface area contributed by atoms with Crippen molar-refractivity contribution < 1.29 is 4.39 Å². The van der Waals surface area contributed by atoms with Gasteiger partial charge in [-0.25, -0.2) is 4.39 Å². The summed E-state index contributed by atoms with van der Waals surface area (Å²) in [7, 11) is 0. The number of nitrogens with zero attached hydrogens (tertiary/aromatic N) is 2. The second-order valence-corrected chi connectivity index (χ2v) is 4.35. The minimum atomic E-state index is -0.342. The van der Waals surface area contributed by atoms with Crippen LogP contribution in [0.15, 0.2) is 23.1 Å². The van der Waals surface area contributed by atoms with Gasteiger partial charge in [-0.15, -0.1) is 0 Å². The van der Waals surface area contributed by atoms with E-state index in [9.17, 15) is 9.18 Å². The van der Waals surface area contributed by atoms with Gasteiger partial charge in [0.2, 0.25) is 0 Å². The first-order chi connectivity index (χ1) is 8.26. The van der Waals surface area contributed by atoms with Gasteiger partial charge in [-0.2, -0.15) is 0 Å². The molecule has 1 aromatic heterocycles. The zero-order valence-corrected chi connectivity index (χ0v) is 10.2. The molecule has 1 N–H and O–H groups in total. The molecule has 0 radical (unpaired) electrons. The van der Waals surface area contributed by atoms with Crippen molar-refractivity contribution in [3.8, 4) is 0 Å². The molecule has 1 aromatic rings. The first-order valence-corrected chi connectivity index (χ1v) is 6.00. The fourth-order valence-electron chi connectivity index (χ4n) is 2.23. The minimum absolute atomic E-state index is 0.110. The van der Waals surface area contributed by atoms with Crippen LogP contribution in [0.2, 0.25) is 0 Å². The molecule has 0 unspecified atom stereocenters. The molecule has 0 amide bonds. The van der Waals surface area contributed by atoms with Crippen LogP contribution in [-0.2, 0) is 0 Å². The van der Waals surface area contributed by atoms with Gasteiger partial charge in [0.05, 0.1) is 6.04 Å². The number of halogens is 2. The van der Waals surface area contributed by atoms with Crippen molar-refractivity contribution in [2.45, 2.75) is 12.5 Å². The summed E-state index contributed by atoms with van der Waals surface area (Å²) in [5, 5.41) is 0. The predicted molar refractivity (Wildman–Crippen MR) is 66.2 cm³/mol. The van der Waals surface area contributed by atoms with E-state index in [0.717, 1.165) is 19.5 Å². The Morgan fingerprint density at radius 2 is 2.41 bits per heavy atom. The van der Waals surface area contributed by atoms with Crippen molar-refractivity contribution in [1.29, 1.82) is 0 Å². The van der Waals surface area contributed by atoms with Crippen LogP contribution in [0, 0.1) is 0 Å². The van der Waals surface area contributed by atoms with E-state index in [1.165, 1.54) is 0 Å². The summed E-state index contributed by atoms with van der Waals surface area (Å²) in [5.74, 6) is 0. The predicted octanol–water partition coefficient (Wildman–Crippen LogP) is 1.63. The van der Waals surface area contributed by atoms with E-state index in [4.69, 9.17) is 11.8 Å². The summed E-state index contributed by atoms with van der Waals surface area (Å²) >= 11 is 5.47. The summed E-state index contributed by atoms with van der Waals surface area (Å²) in [6.45, 7) is 1.65. The average Bonchev–Trinajstić information content (AvgIpc) is 2.78. The second kappa shape index (κ2) is 5.51. The molecule has 1 saturated heterocycles. The lowest BCUT2D eigenvalue weighted by Gasteiger charge is -2.16. The molecule has 0 bridgehead atoms. The summed E-state index contributed by atoms with van der Waals surface area (Å²) < 4.78 is 13.9. The highest BCUT2D eigenvalue weighted by molar-refractivity contribution is 6.23. The first kappa shape index (κ1) is 12.4.